The van der Waals surface area contributed by atoms with Gasteiger partial charge in [0.05, 0.1) is 31.4 Å². The highest BCUT2D eigenvalue weighted by Crippen LogP contribution is 2.30. The van der Waals surface area contributed by atoms with Crippen LogP contribution in [0.25, 0.3) is 0 Å². The van der Waals surface area contributed by atoms with Gasteiger partial charge in [0.15, 0.2) is 0 Å². The molecule has 1 aromatic heterocycles. The topological polar surface area (TPSA) is 48.4 Å². The van der Waals surface area contributed by atoms with Crippen molar-refractivity contribution in [2.24, 2.45) is 0 Å². The number of nitrogens with zero attached hydrogens (tertiary/aromatic N) is 1. The van der Waals surface area contributed by atoms with Crippen molar-refractivity contribution in [3.05, 3.63) is 20.9 Å². The van der Waals surface area contributed by atoms with Gasteiger partial charge < -0.3 is 9.47 Å². The molecule has 0 fully saturated rings. The molecule has 0 saturated carbocycles. The van der Waals surface area contributed by atoms with E-state index in [-0.39, 0.29) is 24.5 Å². The van der Waals surface area contributed by atoms with Crippen LogP contribution in [0.5, 0.6) is 5.88 Å². The molecule has 0 saturated heterocycles. The smallest absolute Gasteiger partial charge is 0.311 e. The lowest BCUT2D eigenvalue weighted by Crippen LogP contribution is -2.11. The van der Waals surface area contributed by atoms with Crippen molar-refractivity contribution in [3.8, 4) is 5.88 Å². The maximum atomic E-state index is 12.7. The first-order valence-corrected chi connectivity index (χ1v) is 6.24. The van der Waals surface area contributed by atoms with Gasteiger partial charge in [-0.15, -0.1) is 0 Å². The second-order valence-corrected chi connectivity index (χ2v) is 4.46. The molecule has 0 N–H and O–H groups in total. The van der Waals surface area contributed by atoms with Gasteiger partial charge in [-0.2, -0.15) is 0 Å². The van der Waals surface area contributed by atoms with Gasteiger partial charge in [0.2, 0.25) is 5.88 Å². The molecule has 1 aromatic rings. The van der Waals surface area contributed by atoms with Gasteiger partial charge in [-0.05, 0) is 35.6 Å². The van der Waals surface area contributed by atoms with E-state index in [4.69, 9.17) is 9.47 Å². The van der Waals surface area contributed by atoms with E-state index >= 15 is 0 Å². The molecule has 7 heteroatoms. The van der Waals surface area contributed by atoms with E-state index in [0.29, 0.717) is 9.26 Å². The van der Waals surface area contributed by atoms with Gasteiger partial charge in [0.25, 0.3) is 6.43 Å². The Morgan fingerprint density at radius 1 is 1.56 bits per heavy atom. The van der Waals surface area contributed by atoms with Crippen molar-refractivity contribution < 1.29 is 23.0 Å². The first-order valence-electron chi connectivity index (χ1n) is 5.16. The number of hydrogen-bond donors (Lipinski definition) is 0. The number of methoxy groups -OCH3 is 1. The van der Waals surface area contributed by atoms with Gasteiger partial charge >= 0.3 is 5.97 Å². The minimum Gasteiger partial charge on any atom is -0.481 e. The van der Waals surface area contributed by atoms with Crippen LogP contribution in [-0.4, -0.2) is 24.7 Å². The number of carbonyl (C=O) groups excluding carboxylic acids is 1. The van der Waals surface area contributed by atoms with Crippen LogP contribution in [0.2, 0.25) is 0 Å². The quantitative estimate of drug-likeness (QED) is 0.590. The molecule has 1 heterocycles. The Morgan fingerprint density at radius 2 is 2.22 bits per heavy atom. The Kier molecular flexibility index (Phi) is 5.70. The number of ether oxygens (including phenoxy) is 2. The van der Waals surface area contributed by atoms with Crippen LogP contribution in [0.15, 0.2) is 6.07 Å². The molecule has 0 aromatic carbocycles. The second-order valence-electron chi connectivity index (χ2n) is 3.30. The summed E-state index contributed by atoms with van der Waals surface area (Å²) in [6, 6.07) is 1.27. The van der Waals surface area contributed by atoms with Crippen LogP contribution < -0.4 is 4.74 Å². The molecule has 0 spiro atoms. The number of hydrogen-bond acceptors (Lipinski definition) is 4. The molecule has 18 heavy (non-hydrogen) atoms. The van der Waals surface area contributed by atoms with Crippen molar-refractivity contribution in [1.29, 1.82) is 0 Å². The lowest BCUT2D eigenvalue weighted by atomic mass is 10.2. The molecule has 0 amide bonds. The molecule has 0 radical (unpaired) electrons. The molecule has 0 aliphatic heterocycles. The fourth-order valence-electron chi connectivity index (χ4n) is 1.31. The number of aromatic nitrogens is 1. The summed E-state index contributed by atoms with van der Waals surface area (Å²) in [5.74, 6) is -0.612. The minimum absolute atomic E-state index is 0.0635. The molecule has 0 atom stereocenters. The molecule has 0 aliphatic carbocycles. The highest BCUT2D eigenvalue weighted by molar-refractivity contribution is 14.1. The standard InChI is InChI=1S/C11H12F2INO3/c1-3-18-9(16)5-8-7(14)4-6(10(12)13)11(15-8)17-2/h4,10H,3,5H2,1-2H3. The zero-order chi connectivity index (χ0) is 13.7. The summed E-state index contributed by atoms with van der Waals surface area (Å²) < 4.78 is 35.5. The summed E-state index contributed by atoms with van der Waals surface area (Å²) in [6.45, 7) is 1.96. The summed E-state index contributed by atoms with van der Waals surface area (Å²) in [6.07, 6.45) is -2.73. The maximum Gasteiger partial charge on any atom is 0.311 e. The van der Waals surface area contributed by atoms with Crippen LogP contribution >= 0.6 is 22.6 Å². The normalized spacial score (nSPS) is 10.6. The predicted octanol–water partition coefficient (Wildman–Crippen LogP) is 2.74. The third-order valence-corrected chi connectivity index (χ3v) is 3.02. The Hall–Kier alpha value is -0.990. The van der Waals surface area contributed by atoms with E-state index in [2.05, 4.69) is 4.98 Å². The van der Waals surface area contributed by atoms with Crippen LogP contribution in [-0.2, 0) is 16.0 Å². The van der Waals surface area contributed by atoms with Gasteiger partial charge in [0.1, 0.15) is 0 Å². The van der Waals surface area contributed by atoms with Crippen LogP contribution in [0.1, 0.15) is 24.6 Å². The highest BCUT2D eigenvalue weighted by Gasteiger charge is 2.19. The number of pyridine rings is 1. The van der Waals surface area contributed by atoms with E-state index in [1.165, 1.54) is 13.2 Å². The Balaban J connectivity index is 3.04. The second kappa shape index (κ2) is 6.81. The van der Waals surface area contributed by atoms with Crippen molar-refractivity contribution >= 4 is 28.6 Å². The summed E-state index contributed by atoms with van der Waals surface area (Å²) in [5.41, 5.74) is 0.0878. The summed E-state index contributed by atoms with van der Waals surface area (Å²) in [4.78, 5) is 15.3. The van der Waals surface area contributed by atoms with E-state index < -0.39 is 12.4 Å². The third-order valence-electron chi connectivity index (χ3n) is 2.09. The highest BCUT2D eigenvalue weighted by atomic mass is 127. The fraction of sp³-hybridized carbons (Fsp3) is 0.455. The average molecular weight is 371 g/mol. The lowest BCUT2D eigenvalue weighted by Gasteiger charge is -2.10. The molecule has 1 rings (SSSR count). The molecule has 0 bridgehead atoms. The van der Waals surface area contributed by atoms with Crippen LogP contribution in [0.3, 0.4) is 0 Å². The summed E-state index contributed by atoms with van der Waals surface area (Å²) in [7, 11) is 1.26. The van der Waals surface area contributed by atoms with Crippen LogP contribution in [0.4, 0.5) is 8.78 Å². The summed E-state index contributed by atoms with van der Waals surface area (Å²) in [5, 5.41) is 0. The third kappa shape index (κ3) is 3.76. The lowest BCUT2D eigenvalue weighted by molar-refractivity contribution is -0.142. The van der Waals surface area contributed by atoms with E-state index in [0.717, 1.165) is 0 Å². The van der Waals surface area contributed by atoms with Gasteiger partial charge in [-0.1, -0.05) is 0 Å². The molecule has 100 valence electrons. The van der Waals surface area contributed by atoms with Gasteiger partial charge in [0, 0.05) is 3.57 Å². The van der Waals surface area contributed by atoms with E-state index in [9.17, 15) is 13.6 Å². The molecule has 0 aliphatic rings. The Morgan fingerprint density at radius 3 is 2.72 bits per heavy atom. The van der Waals surface area contributed by atoms with Crippen molar-refractivity contribution in [1.82, 2.24) is 4.98 Å². The van der Waals surface area contributed by atoms with Crippen molar-refractivity contribution in [2.75, 3.05) is 13.7 Å². The Bertz CT molecular complexity index is 441. The molecule has 4 nitrogen and oxygen atoms in total. The first kappa shape index (κ1) is 15.1. The van der Waals surface area contributed by atoms with Crippen molar-refractivity contribution in [2.45, 2.75) is 19.8 Å². The zero-order valence-corrected chi connectivity index (χ0v) is 12.0. The van der Waals surface area contributed by atoms with Crippen molar-refractivity contribution in [3.63, 3.8) is 0 Å². The molecular formula is C11H12F2INO3. The number of rotatable bonds is 5. The van der Waals surface area contributed by atoms with Gasteiger partial charge in [-0.3, -0.25) is 4.79 Å². The minimum atomic E-state index is -2.67. The first-order chi connectivity index (χ1) is 8.49. The summed E-state index contributed by atoms with van der Waals surface area (Å²) >= 11 is 1.85. The zero-order valence-electron chi connectivity index (χ0n) is 9.87. The van der Waals surface area contributed by atoms with E-state index in [1.54, 1.807) is 6.92 Å². The molecule has 0 unspecified atom stereocenters. The predicted molar refractivity (Wildman–Crippen MR) is 68.8 cm³/mol. The number of esters is 1. The van der Waals surface area contributed by atoms with Gasteiger partial charge in [-0.25, -0.2) is 13.8 Å². The number of carbonyl (C=O) groups is 1. The van der Waals surface area contributed by atoms with Crippen LogP contribution in [0, 0.1) is 3.57 Å². The number of alkyl halides is 2. The number of halogens is 3. The fourth-order valence-corrected chi connectivity index (χ4v) is 1.96. The van der Waals surface area contributed by atoms with E-state index in [1.807, 2.05) is 22.6 Å². The monoisotopic (exact) mass is 371 g/mol. The SMILES string of the molecule is CCOC(=O)Cc1nc(OC)c(C(F)F)cc1I. The average Bonchev–Trinajstić information content (AvgIpc) is 2.31. The largest absolute Gasteiger partial charge is 0.481 e. The maximum absolute atomic E-state index is 12.7. The Labute approximate surface area is 117 Å². The molecular weight excluding hydrogens is 359 g/mol.